The molecule has 5 heteroatoms. The first kappa shape index (κ1) is 15.8. The number of amidine groups is 1. The number of benzene rings is 1. The van der Waals surface area contributed by atoms with E-state index in [0.29, 0.717) is 24.1 Å². The zero-order chi connectivity index (χ0) is 15.4. The summed E-state index contributed by atoms with van der Waals surface area (Å²) in [4.78, 5) is 0. The highest BCUT2D eigenvalue weighted by Crippen LogP contribution is 2.29. The van der Waals surface area contributed by atoms with Crippen LogP contribution in [0.15, 0.2) is 23.4 Å². The molecule has 0 spiro atoms. The predicted octanol–water partition coefficient (Wildman–Crippen LogP) is 2.83. The summed E-state index contributed by atoms with van der Waals surface area (Å²) in [6.45, 7) is 5.19. The molecule has 21 heavy (non-hydrogen) atoms. The molecule has 1 aliphatic carbocycles. The molecule has 1 aromatic rings. The maximum Gasteiger partial charge on any atom is 0.170 e. The maximum atomic E-state index is 13.3. The minimum atomic E-state index is -0.388. The lowest BCUT2D eigenvalue weighted by atomic mass is 9.79. The van der Waals surface area contributed by atoms with Gasteiger partial charge >= 0.3 is 0 Å². The van der Waals surface area contributed by atoms with Crippen molar-refractivity contribution in [2.24, 2.45) is 22.7 Å². The number of oxime groups is 1. The van der Waals surface area contributed by atoms with Crippen molar-refractivity contribution in [2.75, 3.05) is 0 Å². The Hall–Kier alpha value is -1.62. The van der Waals surface area contributed by atoms with Gasteiger partial charge < -0.3 is 16.3 Å². The van der Waals surface area contributed by atoms with Crippen LogP contribution in [0.25, 0.3) is 0 Å². The van der Waals surface area contributed by atoms with E-state index in [1.54, 1.807) is 6.07 Å². The second kappa shape index (κ2) is 6.89. The first-order valence-electron chi connectivity index (χ1n) is 7.51. The second-order valence-electron chi connectivity index (χ2n) is 6.13. The van der Waals surface area contributed by atoms with Gasteiger partial charge in [-0.15, -0.1) is 0 Å². The van der Waals surface area contributed by atoms with Crippen LogP contribution in [0.1, 0.15) is 44.2 Å². The smallest absolute Gasteiger partial charge is 0.170 e. The van der Waals surface area contributed by atoms with E-state index >= 15 is 0 Å². The number of nitrogens with zero attached hydrogens (tertiary/aromatic N) is 1. The Labute approximate surface area is 125 Å². The van der Waals surface area contributed by atoms with Gasteiger partial charge in [0.05, 0.1) is 0 Å². The summed E-state index contributed by atoms with van der Waals surface area (Å²) >= 11 is 0. The van der Waals surface area contributed by atoms with Gasteiger partial charge in [0, 0.05) is 18.2 Å². The summed E-state index contributed by atoms with van der Waals surface area (Å²) in [5, 5.41) is 15.3. The SMILES string of the molecule is CC1CCC(NCc2ccc(F)cc2C(N)=NO)CC1C. The Kier molecular flexibility index (Phi) is 5.17. The zero-order valence-corrected chi connectivity index (χ0v) is 12.6. The van der Waals surface area contributed by atoms with Gasteiger partial charge in [0.25, 0.3) is 0 Å². The van der Waals surface area contributed by atoms with Crippen LogP contribution in [0.3, 0.4) is 0 Å². The van der Waals surface area contributed by atoms with Crippen molar-refractivity contribution >= 4 is 5.84 Å². The summed E-state index contributed by atoms with van der Waals surface area (Å²) in [5.41, 5.74) is 6.91. The Morgan fingerprint density at radius 3 is 2.81 bits per heavy atom. The van der Waals surface area contributed by atoms with E-state index in [2.05, 4.69) is 24.3 Å². The number of nitrogens with one attached hydrogen (secondary N) is 1. The largest absolute Gasteiger partial charge is 0.409 e. The van der Waals surface area contributed by atoms with Crippen LogP contribution in [0.5, 0.6) is 0 Å². The molecule has 0 heterocycles. The molecule has 116 valence electrons. The van der Waals surface area contributed by atoms with Crippen LogP contribution < -0.4 is 11.1 Å². The Morgan fingerprint density at radius 2 is 2.14 bits per heavy atom. The van der Waals surface area contributed by atoms with Crippen molar-refractivity contribution in [1.82, 2.24) is 5.32 Å². The molecule has 4 nitrogen and oxygen atoms in total. The molecule has 0 aromatic heterocycles. The Morgan fingerprint density at radius 1 is 1.38 bits per heavy atom. The average molecular weight is 293 g/mol. The molecular formula is C16H24FN3O. The van der Waals surface area contributed by atoms with Crippen molar-refractivity contribution in [3.63, 3.8) is 0 Å². The van der Waals surface area contributed by atoms with Gasteiger partial charge in [0.15, 0.2) is 5.84 Å². The van der Waals surface area contributed by atoms with Crippen LogP contribution >= 0.6 is 0 Å². The van der Waals surface area contributed by atoms with Gasteiger partial charge in [0.2, 0.25) is 0 Å². The molecule has 1 saturated carbocycles. The number of nitrogens with two attached hydrogens (primary N) is 1. The van der Waals surface area contributed by atoms with E-state index in [0.717, 1.165) is 24.3 Å². The molecular weight excluding hydrogens is 269 g/mol. The predicted molar refractivity (Wildman–Crippen MR) is 81.7 cm³/mol. The molecule has 0 amide bonds. The monoisotopic (exact) mass is 293 g/mol. The third kappa shape index (κ3) is 3.94. The lowest BCUT2D eigenvalue weighted by Gasteiger charge is -2.32. The standard InChI is InChI=1S/C16H24FN3O/c1-10-3-6-14(7-11(10)2)19-9-12-4-5-13(17)8-15(12)16(18)20-21/h4-5,8,10-11,14,19,21H,3,6-7,9H2,1-2H3,(H2,18,20). The van der Waals surface area contributed by atoms with E-state index in [4.69, 9.17) is 10.9 Å². The highest BCUT2D eigenvalue weighted by molar-refractivity contribution is 5.98. The average Bonchev–Trinajstić information content (AvgIpc) is 2.48. The van der Waals surface area contributed by atoms with E-state index in [-0.39, 0.29) is 11.7 Å². The summed E-state index contributed by atoms with van der Waals surface area (Å²) in [6, 6.07) is 4.86. The molecule has 0 radical (unpaired) electrons. The fraction of sp³-hybridized carbons (Fsp3) is 0.562. The molecule has 0 saturated heterocycles. The van der Waals surface area contributed by atoms with Gasteiger partial charge in [-0.25, -0.2) is 4.39 Å². The fourth-order valence-electron chi connectivity index (χ4n) is 2.98. The van der Waals surface area contributed by atoms with Gasteiger partial charge in [-0.1, -0.05) is 25.1 Å². The Balaban J connectivity index is 2.03. The maximum absolute atomic E-state index is 13.3. The number of halogens is 1. The van der Waals surface area contributed by atoms with E-state index in [1.807, 2.05) is 0 Å². The minimum Gasteiger partial charge on any atom is -0.409 e. The van der Waals surface area contributed by atoms with Crippen molar-refractivity contribution < 1.29 is 9.60 Å². The first-order valence-corrected chi connectivity index (χ1v) is 7.51. The van der Waals surface area contributed by atoms with E-state index in [9.17, 15) is 4.39 Å². The van der Waals surface area contributed by atoms with Crippen LogP contribution in [-0.4, -0.2) is 17.1 Å². The molecule has 1 fully saturated rings. The summed E-state index contributed by atoms with van der Waals surface area (Å²) < 4.78 is 13.3. The van der Waals surface area contributed by atoms with Crippen LogP contribution in [0.4, 0.5) is 4.39 Å². The molecule has 1 aliphatic rings. The molecule has 0 aliphatic heterocycles. The lowest BCUT2D eigenvalue weighted by molar-refractivity contribution is 0.225. The zero-order valence-electron chi connectivity index (χ0n) is 12.6. The molecule has 3 atom stereocenters. The van der Waals surface area contributed by atoms with Crippen molar-refractivity contribution in [3.8, 4) is 0 Å². The third-order valence-corrected chi connectivity index (χ3v) is 4.63. The highest BCUT2D eigenvalue weighted by Gasteiger charge is 2.24. The van der Waals surface area contributed by atoms with Crippen molar-refractivity contribution in [3.05, 3.63) is 35.1 Å². The van der Waals surface area contributed by atoms with Crippen LogP contribution in [-0.2, 0) is 6.54 Å². The number of hydrogen-bond donors (Lipinski definition) is 3. The molecule has 0 bridgehead atoms. The third-order valence-electron chi connectivity index (χ3n) is 4.63. The van der Waals surface area contributed by atoms with Crippen molar-refractivity contribution in [1.29, 1.82) is 0 Å². The number of rotatable bonds is 4. The van der Waals surface area contributed by atoms with Gasteiger partial charge in [-0.2, -0.15) is 0 Å². The topological polar surface area (TPSA) is 70.6 Å². The molecule has 2 rings (SSSR count). The normalized spacial score (nSPS) is 26.8. The summed E-state index contributed by atoms with van der Waals surface area (Å²) in [6.07, 6.45) is 3.54. The lowest BCUT2D eigenvalue weighted by Crippen LogP contribution is -2.36. The highest BCUT2D eigenvalue weighted by atomic mass is 19.1. The van der Waals surface area contributed by atoms with Gasteiger partial charge in [-0.05, 0) is 48.8 Å². The van der Waals surface area contributed by atoms with E-state index in [1.165, 1.54) is 18.6 Å². The first-order chi connectivity index (χ1) is 10.0. The minimum absolute atomic E-state index is 0.0584. The van der Waals surface area contributed by atoms with Gasteiger partial charge in [-0.3, -0.25) is 0 Å². The summed E-state index contributed by atoms with van der Waals surface area (Å²) in [7, 11) is 0. The van der Waals surface area contributed by atoms with Crippen molar-refractivity contribution in [2.45, 2.75) is 45.7 Å². The van der Waals surface area contributed by atoms with E-state index < -0.39 is 0 Å². The second-order valence-corrected chi connectivity index (χ2v) is 6.13. The molecule has 3 unspecified atom stereocenters. The molecule has 1 aromatic carbocycles. The van der Waals surface area contributed by atoms with Gasteiger partial charge in [0.1, 0.15) is 5.82 Å². The Bertz CT molecular complexity index is 518. The fourth-order valence-corrected chi connectivity index (χ4v) is 2.98. The number of hydrogen-bond acceptors (Lipinski definition) is 3. The van der Waals surface area contributed by atoms with Crippen LogP contribution in [0.2, 0.25) is 0 Å². The summed E-state index contributed by atoms with van der Waals surface area (Å²) in [5.74, 6) is 1.05. The van der Waals surface area contributed by atoms with Crippen LogP contribution in [0, 0.1) is 17.7 Å². The molecule has 4 N–H and O–H groups in total. The quantitative estimate of drug-likeness (QED) is 0.346.